The molecule has 0 aromatic rings. The highest BCUT2D eigenvalue weighted by atomic mass is 28.4. The molecule has 0 unspecified atom stereocenters. The first-order valence-corrected chi connectivity index (χ1v) is 8.61. The van der Waals surface area contributed by atoms with E-state index in [2.05, 4.69) is 33.9 Å². The predicted octanol–water partition coefficient (Wildman–Crippen LogP) is 3.43. The van der Waals surface area contributed by atoms with Crippen LogP contribution in [0.5, 0.6) is 0 Å². The number of carbonyl (C=O) groups is 1. The summed E-state index contributed by atoms with van der Waals surface area (Å²) in [5, 5.41) is 8.63. The van der Waals surface area contributed by atoms with Gasteiger partial charge in [-0.2, -0.15) is 0 Å². The largest absolute Gasteiger partial charge is 0.478 e. The van der Waals surface area contributed by atoms with E-state index in [1.165, 1.54) is 6.08 Å². The lowest BCUT2D eigenvalue weighted by atomic mass is 10.2. The molecule has 0 aliphatic rings. The number of aliphatic carboxylic acids is 1. The average Bonchev–Trinajstić information content (AvgIpc) is 2.08. The van der Waals surface area contributed by atoms with E-state index < -0.39 is 14.3 Å². The molecule has 0 atom stereocenters. The fourth-order valence-corrected chi connectivity index (χ4v) is 2.02. The fourth-order valence-electron chi connectivity index (χ4n) is 0.929. The third kappa shape index (κ3) is 6.08. The summed E-state index contributed by atoms with van der Waals surface area (Å²) in [6, 6.07) is 0. The van der Waals surface area contributed by atoms with Crippen LogP contribution < -0.4 is 0 Å². The maximum absolute atomic E-state index is 10.2. The van der Waals surface area contributed by atoms with Gasteiger partial charge in [0.2, 0.25) is 0 Å². The van der Waals surface area contributed by atoms with Crippen molar-refractivity contribution in [1.82, 2.24) is 0 Å². The maximum atomic E-state index is 10.2. The second-order valence-electron chi connectivity index (χ2n) is 5.49. The van der Waals surface area contributed by atoms with Crippen LogP contribution in [0.4, 0.5) is 0 Å². The summed E-state index contributed by atoms with van der Waals surface area (Å²) in [5.41, 5.74) is 0. The third-order valence-electron chi connectivity index (χ3n) is 3.04. The average molecular weight is 244 g/mol. The molecule has 0 radical (unpaired) electrons. The highest BCUT2D eigenvalue weighted by Gasteiger charge is 2.36. The highest BCUT2D eigenvalue weighted by Crippen LogP contribution is 2.36. The van der Waals surface area contributed by atoms with Gasteiger partial charge in [-0.15, -0.1) is 0 Å². The molecule has 3 nitrogen and oxygen atoms in total. The van der Waals surface area contributed by atoms with Gasteiger partial charge in [-0.1, -0.05) is 26.8 Å². The molecular weight excluding hydrogens is 220 g/mol. The zero-order valence-corrected chi connectivity index (χ0v) is 12.0. The van der Waals surface area contributed by atoms with Gasteiger partial charge < -0.3 is 9.53 Å². The van der Waals surface area contributed by atoms with Gasteiger partial charge in [0.05, 0.1) is 0 Å². The Morgan fingerprint density at radius 3 is 2.38 bits per heavy atom. The molecule has 4 heteroatoms. The Bertz CT molecular complexity index is 251. The molecule has 0 fully saturated rings. The lowest BCUT2D eigenvalue weighted by Gasteiger charge is -2.36. The van der Waals surface area contributed by atoms with Crippen molar-refractivity contribution in [3.63, 3.8) is 0 Å². The Morgan fingerprint density at radius 1 is 1.38 bits per heavy atom. The summed E-state index contributed by atoms with van der Waals surface area (Å²) in [7, 11) is -1.63. The van der Waals surface area contributed by atoms with Crippen molar-refractivity contribution in [3.05, 3.63) is 12.2 Å². The standard InChI is InChI=1S/C12H24O3Si/c1-12(2,3)16(4,5)15-10-8-6-7-9-11(13)14/h7,9H,6,8,10H2,1-5H3,(H,13,14). The highest BCUT2D eigenvalue weighted by molar-refractivity contribution is 6.74. The van der Waals surface area contributed by atoms with Crippen LogP contribution in [0.2, 0.25) is 18.1 Å². The number of hydrogen-bond donors (Lipinski definition) is 1. The quantitative estimate of drug-likeness (QED) is 0.442. The van der Waals surface area contributed by atoms with Crippen molar-refractivity contribution >= 4 is 14.3 Å². The number of unbranched alkanes of at least 4 members (excludes halogenated alkanes) is 1. The minimum absolute atomic E-state index is 0.240. The number of carboxylic acid groups (broad SMARTS) is 1. The van der Waals surface area contributed by atoms with E-state index >= 15 is 0 Å². The molecule has 0 rings (SSSR count). The summed E-state index contributed by atoms with van der Waals surface area (Å²) in [6.45, 7) is 11.8. The van der Waals surface area contributed by atoms with Crippen LogP contribution in [0.25, 0.3) is 0 Å². The molecule has 0 aromatic carbocycles. The molecule has 0 saturated carbocycles. The number of carboxylic acids is 1. The summed E-state index contributed by atoms with van der Waals surface area (Å²) < 4.78 is 5.96. The normalized spacial score (nSPS) is 13.3. The zero-order chi connectivity index (χ0) is 12.8. The molecule has 94 valence electrons. The van der Waals surface area contributed by atoms with Gasteiger partial charge in [0.1, 0.15) is 0 Å². The number of hydrogen-bond acceptors (Lipinski definition) is 2. The van der Waals surface area contributed by atoms with Crippen molar-refractivity contribution < 1.29 is 14.3 Å². The van der Waals surface area contributed by atoms with Gasteiger partial charge in [-0.25, -0.2) is 4.79 Å². The summed E-state index contributed by atoms with van der Waals surface area (Å²) >= 11 is 0. The van der Waals surface area contributed by atoms with Crippen molar-refractivity contribution in [2.24, 2.45) is 0 Å². The van der Waals surface area contributed by atoms with Gasteiger partial charge in [0.15, 0.2) is 8.32 Å². The van der Waals surface area contributed by atoms with Crippen LogP contribution >= 0.6 is 0 Å². The summed E-state index contributed by atoms with van der Waals surface area (Å²) in [6.07, 6.45) is 4.51. The van der Waals surface area contributed by atoms with Crippen LogP contribution in [-0.2, 0) is 9.22 Å². The SMILES string of the molecule is CC(C)(C)[Si](C)(C)OCCCC=CC(=O)O. The van der Waals surface area contributed by atoms with Crippen LogP contribution in [0.3, 0.4) is 0 Å². The Hall–Kier alpha value is -0.613. The Kier molecular flexibility index (Phi) is 5.97. The van der Waals surface area contributed by atoms with E-state index in [0.29, 0.717) is 0 Å². The van der Waals surface area contributed by atoms with E-state index in [1.54, 1.807) is 6.08 Å². The summed E-state index contributed by atoms with van der Waals surface area (Å²) in [5.74, 6) is -0.884. The van der Waals surface area contributed by atoms with Gasteiger partial charge in [-0.05, 0) is 31.0 Å². The smallest absolute Gasteiger partial charge is 0.327 e. The maximum Gasteiger partial charge on any atom is 0.327 e. The molecule has 0 spiro atoms. The second kappa shape index (κ2) is 6.20. The van der Waals surface area contributed by atoms with E-state index in [0.717, 1.165) is 19.4 Å². The first kappa shape index (κ1) is 15.4. The molecule has 0 aliphatic carbocycles. The van der Waals surface area contributed by atoms with Crippen molar-refractivity contribution in [1.29, 1.82) is 0 Å². The Morgan fingerprint density at radius 2 is 1.94 bits per heavy atom. The number of allylic oxidation sites excluding steroid dienone is 1. The topological polar surface area (TPSA) is 46.5 Å². The first-order valence-electron chi connectivity index (χ1n) is 5.70. The zero-order valence-electron chi connectivity index (χ0n) is 11.0. The fraction of sp³-hybridized carbons (Fsp3) is 0.750. The molecule has 0 aliphatic heterocycles. The molecular formula is C12H24O3Si. The van der Waals surface area contributed by atoms with Crippen LogP contribution in [0, 0.1) is 0 Å². The minimum Gasteiger partial charge on any atom is -0.478 e. The van der Waals surface area contributed by atoms with Crippen LogP contribution in [-0.4, -0.2) is 26.0 Å². The molecule has 0 heterocycles. The minimum atomic E-state index is -1.63. The van der Waals surface area contributed by atoms with Gasteiger partial charge in [-0.3, -0.25) is 0 Å². The molecule has 16 heavy (non-hydrogen) atoms. The van der Waals surface area contributed by atoms with Crippen LogP contribution in [0.1, 0.15) is 33.6 Å². The van der Waals surface area contributed by atoms with Crippen molar-refractivity contribution in [3.8, 4) is 0 Å². The Balaban J connectivity index is 3.79. The van der Waals surface area contributed by atoms with Gasteiger partial charge >= 0.3 is 5.97 Å². The molecule has 1 N–H and O–H groups in total. The first-order chi connectivity index (χ1) is 7.17. The van der Waals surface area contributed by atoms with E-state index in [4.69, 9.17) is 9.53 Å². The van der Waals surface area contributed by atoms with E-state index in [1.807, 2.05) is 0 Å². The predicted molar refractivity (Wildman–Crippen MR) is 69.2 cm³/mol. The van der Waals surface area contributed by atoms with Crippen molar-refractivity contribution in [2.75, 3.05) is 6.61 Å². The number of rotatable bonds is 6. The van der Waals surface area contributed by atoms with Gasteiger partial charge in [0, 0.05) is 12.7 Å². The van der Waals surface area contributed by atoms with Gasteiger partial charge in [0.25, 0.3) is 0 Å². The molecule has 0 saturated heterocycles. The molecule has 0 amide bonds. The third-order valence-corrected chi connectivity index (χ3v) is 7.58. The monoisotopic (exact) mass is 244 g/mol. The molecule has 0 aromatic heterocycles. The van der Waals surface area contributed by atoms with E-state index in [-0.39, 0.29) is 5.04 Å². The second-order valence-corrected chi connectivity index (χ2v) is 10.3. The van der Waals surface area contributed by atoms with E-state index in [9.17, 15) is 4.79 Å². The lowest BCUT2D eigenvalue weighted by Crippen LogP contribution is -2.40. The van der Waals surface area contributed by atoms with Crippen LogP contribution in [0.15, 0.2) is 12.2 Å². The van der Waals surface area contributed by atoms with Crippen molar-refractivity contribution in [2.45, 2.75) is 51.7 Å². The lowest BCUT2D eigenvalue weighted by molar-refractivity contribution is -0.131. The summed E-state index contributed by atoms with van der Waals surface area (Å²) in [4.78, 5) is 10.2. The molecule has 0 bridgehead atoms. The Labute approximate surface area is 99.6 Å².